The molecule has 8 N–H and O–H groups in total. The van der Waals surface area contributed by atoms with Gasteiger partial charge in [0.2, 0.25) is 0 Å². The molecule has 0 atom stereocenters. The van der Waals surface area contributed by atoms with Crippen LogP contribution in [0, 0.1) is 0 Å². The minimum atomic E-state index is -2.17. The van der Waals surface area contributed by atoms with E-state index in [1.807, 2.05) is 6.08 Å². The number of unbranched alkanes of at least 4 members (excludes halogenated alkanes) is 3. The normalized spacial score (nSPS) is 13.6. The molecule has 0 bridgehead atoms. The Morgan fingerprint density at radius 3 is 1.20 bits per heavy atom. The Morgan fingerprint density at radius 2 is 0.831 bits per heavy atom. The topological polar surface area (TPSA) is 104 Å². The third-order valence-electron chi connectivity index (χ3n) is 13.3. The van der Waals surface area contributed by atoms with Crippen LogP contribution >= 0.6 is 14.5 Å². The average molecular weight is 847 g/mol. The molecule has 0 amide bonds. The predicted octanol–water partition coefficient (Wildman–Crippen LogP) is 7.74. The van der Waals surface area contributed by atoms with E-state index in [0.717, 1.165) is 87.0 Å². The average Bonchev–Trinajstić information content (AvgIpc) is 3.27. The summed E-state index contributed by atoms with van der Waals surface area (Å²) < 4.78 is 2.15. The fraction of sp³-hybridized carbons (Fsp3) is 0.529. The SMILES string of the molecule is C=C/C=C(\C=C/C)[PH](CCCC[N+](C)(CCCN)CCCN)(CCCC[PH](CCCC[N+](C)(CCCN)CCCN)(c1ccccc1)c1ccccc1)c1ccccc1. The number of allylic oxidation sites excluding steroid dienone is 5. The van der Waals surface area contributed by atoms with Gasteiger partial charge in [0.1, 0.15) is 0 Å². The van der Waals surface area contributed by atoms with Gasteiger partial charge in [0, 0.05) is 0 Å². The van der Waals surface area contributed by atoms with E-state index in [0.29, 0.717) is 0 Å². The monoisotopic (exact) mass is 847 g/mol. The van der Waals surface area contributed by atoms with Crippen LogP contribution < -0.4 is 38.8 Å². The summed E-state index contributed by atoms with van der Waals surface area (Å²) >= 11 is 0. The van der Waals surface area contributed by atoms with Crippen LogP contribution in [0.4, 0.5) is 0 Å². The van der Waals surface area contributed by atoms with Gasteiger partial charge in [0.25, 0.3) is 0 Å². The molecule has 0 saturated carbocycles. The van der Waals surface area contributed by atoms with E-state index in [-0.39, 0.29) is 0 Å². The Bertz CT molecular complexity index is 1540. The molecule has 330 valence electrons. The van der Waals surface area contributed by atoms with E-state index in [4.69, 9.17) is 22.9 Å². The van der Waals surface area contributed by atoms with Gasteiger partial charge in [-0.1, -0.05) is 0 Å². The van der Waals surface area contributed by atoms with Gasteiger partial charge in [-0.05, 0) is 0 Å². The molecule has 59 heavy (non-hydrogen) atoms. The van der Waals surface area contributed by atoms with Gasteiger partial charge >= 0.3 is 365 Å². The molecule has 3 aromatic carbocycles. The third-order valence-corrected chi connectivity index (χ3v) is 23.9. The van der Waals surface area contributed by atoms with Crippen molar-refractivity contribution in [2.45, 2.75) is 71.1 Å². The number of nitrogens with zero attached hydrogens (tertiary/aromatic N) is 2. The Morgan fingerprint density at radius 1 is 0.492 bits per heavy atom. The summed E-state index contributed by atoms with van der Waals surface area (Å²) in [4.78, 5) is 0. The molecule has 3 rings (SSSR count). The van der Waals surface area contributed by atoms with E-state index in [1.165, 1.54) is 81.6 Å². The summed E-state index contributed by atoms with van der Waals surface area (Å²) in [5.41, 5.74) is 24.0. The van der Waals surface area contributed by atoms with Crippen LogP contribution in [0.1, 0.15) is 71.1 Å². The Kier molecular flexibility index (Phi) is 24.3. The molecular weight excluding hydrogens is 759 g/mol. The summed E-state index contributed by atoms with van der Waals surface area (Å²) in [5.74, 6) is 0. The van der Waals surface area contributed by atoms with E-state index in [2.05, 4.69) is 137 Å². The van der Waals surface area contributed by atoms with Gasteiger partial charge in [-0.2, -0.15) is 0 Å². The first-order valence-corrected chi connectivity index (χ1v) is 28.1. The standard InChI is InChI=1S/C51H88N6P2/c1-5-26-48(27-6-2)58(49-28-10-7-11-29-49,44-18-16-38-56(3,40-22-34-52)41-23-35-53)46-20-21-47-59(50-30-12-8-13-31-50,51-32-14-9-15-33-51)45-19-17-39-57(4,42-24-36-54)43-25-37-55/h5-15,26-33,58-59H,1,16-25,34-47,52-55H2,2-4H3/q+2/b27-6-,48-26+. The molecule has 0 heterocycles. The second-order valence-corrected chi connectivity index (χ2v) is 26.5. The van der Waals surface area contributed by atoms with Crippen molar-refractivity contribution in [3.8, 4) is 0 Å². The summed E-state index contributed by atoms with van der Waals surface area (Å²) in [6.07, 6.45) is 25.8. The zero-order chi connectivity index (χ0) is 42.7. The Hall–Kier alpha value is -2.50. The number of rotatable bonds is 33. The van der Waals surface area contributed by atoms with Crippen LogP contribution in [0.3, 0.4) is 0 Å². The van der Waals surface area contributed by atoms with Gasteiger partial charge in [-0.15, -0.1) is 0 Å². The maximum absolute atomic E-state index is 6.00. The molecule has 0 saturated heterocycles. The molecule has 0 radical (unpaired) electrons. The molecule has 6 nitrogen and oxygen atoms in total. The van der Waals surface area contributed by atoms with E-state index < -0.39 is 14.5 Å². The van der Waals surface area contributed by atoms with Crippen LogP contribution in [-0.4, -0.2) is 113 Å². The molecule has 0 aliphatic rings. The minimum absolute atomic E-state index is 0.751. The summed E-state index contributed by atoms with van der Waals surface area (Å²) in [6.45, 7) is 16.3. The van der Waals surface area contributed by atoms with Crippen molar-refractivity contribution in [2.75, 3.05) is 104 Å². The fourth-order valence-electron chi connectivity index (χ4n) is 9.95. The van der Waals surface area contributed by atoms with Crippen molar-refractivity contribution in [1.29, 1.82) is 0 Å². The molecule has 0 aromatic heterocycles. The summed E-state index contributed by atoms with van der Waals surface area (Å²) in [6, 6.07) is 34.9. The molecule has 3 aromatic rings. The molecule has 0 spiro atoms. The van der Waals surface area contributed by atoms with Crippen molar-refractivity contribution in [2.24, 2.45) is 22.9 Å². The van der Waals surface area contributed by atoms with Crippen molar-refractivity contribution < 1.29 is 8.97 Å². The Labute approximate surface area is 363 Å². The van der Waals surface area contributed by atoms with Crippen LogP contribution in [0.5, 0.6) is 0 Å². The van der Waals surface area contributed by atoms with Gasteiger partial charge in [-0.25, -0.2) is 0 Å². The first kappa shape index (κ1) is 50.9. The van der Waals surface area contributed by atoms with Gasteiger partial charge < -0.3 is 0 Å². The van der Waals surface area contributed by atoms with Crippen LogP contribution in [-0.2, 0) is 0 Å². The quantitative estimate of drug-likeness (QED) is 0.0218. The van der Waals surface area contributed by atoms with Crippen molar-refractivity contribution >= 4 is 30.4 Å². The number of quaternary nitrogens is 2. The number of nitrogens with two attached hydrogens (primary N) is 4. The fourth-order valence-corrected chi connectivity index (χ4v) is 20.3. The summed E-state index contributed by atoms with van der Waals surface area (Å²) in [5, 5.41) is 6.26. The van der Waals surface area contributed by atoms with E-state index in [9.17, 15) is 0 Å². The molecule has 0 unspecified atom stereocenters. The van der Waals surface area contributed by atoms with Gasteiger partial charge in [-0.3, -0.25) is 0 Å². The molecule has 0 fully saturated rings. The zero-order valence-electron chi connectivity index (χ0n) is 37.9. The zero-order valence-corrected chi connectivity index (χ0v) is 39.9. The number of hydrogen-bond donors (Lipinski definition) is 4. The number of benzene rings is 3. The molecular formula is C51H88N6P2+2. The first-order valence-electron chi connectivity index (χ1n) is 23.3. The van der Waals surface area contributed by atoms with Gasteiger partial charge in [0.15, 0.2) is 0 Å². The molecule has 8 heteroatoms. The molecule has 0 aliphatic carbocycles. The van der Waals surface area contributed by atoms with Crippen LogP contribution in [0.25, 0.3) is 0 Å². The number of hydrogen-bond acceptors (Lipinski definition) is 4. The van der Waals surface area contributed by atoms with Crippen molar-refractivity contribution in [3.05, 3.63) is 127 Å². The Balaban J connectivity index is 1.95. The van der Waals surface area contributed by atoms with E-state index in [1.54, 1.807) is 15.9 Å². The molecule has 0 aliphatic heterocycles. The van der Waals surface area contributed by atoms with Crippen molar-refractivity contribution in [3.63, 3.8) is 0 Å². The van der Waals surface area contributed by atoms with Gasteiger partial charge in [0.05, 0.1) is 0 Å². The second-order valence-electron chi connectivity index (χ2n) is 17.9. The first-order chi connectivity index (χ1) is 28.7. The second kappa shape index (κ2) is 28.2. The van der Waals surface area contributed by atoms with Crippen LogP contribution in [0.2, 0.25) is 0 Å². The third kappa shape index (κ3) is 16.4. The summed E-state index contributed by atoms with van der Waals surface area (Å²) in [7, 11) is 0.585. The predicted molar refractivity (Wildman–Crippen MR) is 271 cm³/mol. The van der Waals surface area contributed by atoms with Crippen LogP contribution in [0.15, 0.2) is 127 Å². The maximum atomic E-state index is 6.00. The van der Waals surface area contributed by atoms with Crippen molar-refractivity contribution in [1.82, 2.24) is 0 Å². The van der Waals surface area contributed by atoms with E-state index >= 15 is 0 Å².